The van der Waals surface area contributed by atoms with Gasteiger partial charge in [0.15, 0.2) is 15.0 Å². The summed E-state index contributed by atoms with van der Waals surface area (Å²) in [5.41, 5.74) is 0.527. The fraction of sp³-hybridized carbons (Fsp3) is 0.176. The Morgan fingerprint density at radius 1 is 1.21 bits per heavy atom. The Kier molecular flexibility index (Phi) is 6.63. The summed E-state index contributed by atoms with van der Waals surface area (Å²) in [5, 5.41) is 17.3. The fourth-order valence-electron chi connectivity index (χ4n) is 2.36. The molecule has 0 aliphatic carbocycles. The van der Waals surface area contributed by atoms with E-state index in [9.17, 15) is 23.3 Å². The third-order valence-corrected chi connectivity index (χ3v) is 7.56. The van der Waals surface area contributed by atoms with Gasteiger partial charge in [0.05, 0.1) is 31.5 Å². The van der Waals surface area contributed by atoms with Gasteiger partial charge in [0.25, 0.3) is 5.69 Å². The smallest absolute Gasteiger partial charge is 0.280 e. The maximum atomic E-state index is 12.3. The molecule has 1 N–H and O–H groups in total. The Morgan fingerprint density at radius 3 is 2.59 bits per heavy atom. The maximum Gasteiger partial charge on any atom is 0.280 e. The van der Waals surface area contributed by atoms with Crippen LogP contribution in [0.4, 0.5) is 10.8 Å². The van der Waals surface area contributed by atoms with Crippen LogP contribution in [0.15, 0.2) is 46.0 Å². The summed E-state index contributed by atoms with van der Waals surface area (Å²) >= 11 is 8.14. The SMILES string of the molecule is O=C(CCCS(=O)(=O)c1ccc(Cl)cc1)Nc1nc(-c2cc([N+](=O)[O-])cs2)cs1. The number of carbonyl (C=O) groups excluding carboxylic acids is 1. The lowest BCUT2D eigenvalue weighted by Gasteiger charge is -2.05. The zero-order valence-corrected chi connectivity index (χ0v) is 17.9. The summed E-state index contributed by atoms with van der Waals surface area (Å²) in [6.45, 7) is 0. The first-order chi connectivity index (χ1) is 13.7. The van der Waals surface area contributed by atoms with Crippen molar-refractivity contribution < 1.29 is 18.1 Å². The van der Waals surface area contributed by atoms with Crippen molar-refractivity contribution >= 4 is 60.8 Å². The van der Waals surface area contributed by atoms with E-state index in [-0.39, 0.29) is 35.1 Å². The summed E-state index contributed by atoms with van der Waals surface area (Å²) in [6, 6.07) is 7.30. The van der Waals surface area contributed by atoms with Crippen molar-refractivity contribution in [1.29, 1.82) is 0 Å². The highest BCUT2D eigenvalue weighted by Gasteiger charge is 2.16. The van der Waals surface area contributed by atoms with Crippen LogP contribution in [0.25, 0.3) is 10.6 Å². The van der Waals surface area contributed by atoms with Crippen LogP contribution in [-0.4, -0.2) is 30.0 Å². The quantitative estimate of drug-likeness (QED) is 0.378. The number of nitrogens with one attached hydrogen (secondary N) is 1. The molecule has 1 aromatic carbocycles. The van der Waals surface area contributed by atoms with E-state index in [2.05, 4.69) is 10.3 Å². The second-order valence-corrected chi connectivity index (χ2v) is 10.2. The zero-order chi connectivity index (χ0) is 21.0. The molecule has 0 spiro atoms. The number of halogens is 1. The number of nitrogens with zero attached hydrogens (tertiary/aromatic N) is 2. The molecule has 0 aliphatic rings. The average Bonchev–Trinajstić information content (AvgIpc) is 3.31. The number of sulfone groups is 1. The monoisotopic (exact) mass is 471 g/mol. The number of thiazole rings is 1. The summed E-state index contributed by atoms with van der Waals surface area (Å²) in [6.07, 6.45) is 0.179. The van der Waals surface area contributed by atoms with E-state index < -0.39 is 14.8 Å². The number of rotatable bonds is 8. The molecule has 0 atom stereocenters. The number of hydrogen-bond acceptors (Lipinski definition) is 8. The molecule has 3 aromatic rings. The zero-order valence-electron chi connectivity index (χ0n) is 14.7. The molecule has 0 saturated heterocycles. The molecule has 0 radical (unpaired) electrons. The van der Waals surface area contributed by atoms with E-state index in [1.54, 1.807) is 5.38 Å². The molecule has 29 heavy (non-hydrogen) atoms. The van der Waals surface area contributed by atoms with Gasteiger partial charge in [-0.25, -0.2) is 13.4 Å². The van der Waals surface area contributed by atoms with Crippen molar-refractivity contribution in [2.45, 2.75) is 17.7 Å². The van der Waals surface area contributed by atoms with Crippen LogP contribution < -0.4 is 5.32 Å². The van der Waals surface area contributed by atoms with Crippen LogP contribution in [0, 0.1) is 10.1 Å². The van der Waals surface area contributed by atoms with Crippen LogP contribution >= 0.6 is 34.3 Å². The number of nitro groups is 1. The van der Waals surface area contributed by atoms with Gasteiger partial charge in [-0.2, -0.15) is 0 Å². The number of thiophene rings is 1. The molecule has 12 heteroatoms. The number of amides is 1. The van der Waals surface area contributed by atoms with Crippen LogP contribution in [-0.2, 0) is 14.6 Å². The molecule has 1 amide bonds. The Morgan fingerprint density at radius 2 is 1.93 bits per heavy atom. The molecular formula is C17H14ClN3O5S3. The van der Waals surface area contributed by atoms with Gasteiger partial charge >= 0.3 is 0 Å². The summed E-state index contributed by atoms with van der Waals surface area (Å²) in [5.74, 6) is -0.515. The molecule has 0 saturated carbocycles. The van der Waals surface area contributed by atoms with Gasteiger partial charge in [-0.1, -0.05) is 11.6 Å². The third-order valence-electron chi connectivity index (χ3n) is 3.79. The highest BCUT2D eigenvalue weighted by Crippen LogP contribution is 2.32. The summed E-state index contributed by atoms with van der Waals surface area (Å²) < 4.78 is 24.5. The summed E-state index contributed by atoms with van der Waals surface area (Å²) in [4.78, 5) is 27.4. The molecular weight excluding hydrogens is 458 g/mol. The van der Waals surface area contributed by atoms with E-state index in [4.69, 9.17) is 11.6 Å². The predicted octanol–water partition coefficient (Wildman–Crippen LogP) is 4.63. The van der Waals surface area contributed by atoms with Crippen molar-refractivity contribution in [1.82, 2.24) is 4.98 Å². The first-order valence-electron chi connectivity index (χ1n) is 8.21. The van der Waals surface area contributed by atoms with E-state index in [0.717, 1.165) is 0 Å². The lowest BCUT2D eigenvalue weighted by molar-refractivity contribution is -0.384. The predicted molar refractivity (Wildman–Crippen MR) is 113 cm³/mol. The average molecular weight is 472 g/mol. The maximum absolute atomic E-state index is 12.3. The minimum atomic E-state index is -3.49. The van der Waals surface area contributed by atoms with Crippen LogP contribution in [0.3, 0.4) is 0 Å². The number of benzene rings is 1. The van der Waals surface area contributed by atoms with Crippen molar-refractivity contribution in [2.75, 3.05) is 11.1 Å². The van der Waals surface area contributed by atoms with Gasteiger partial charge in [0.2, 0.25) is 5.91 Å². The van der Waals surface area contributed by atoms with Crippen LogP contribution in [0.2, 0.25) is 5.02 Å². The number of anilines is 1. The molecule has 2 aromatic heterocycles. The van der Waals surface area contributed by atoms with Crippen molar-refractivity contribution in [2.24, 2.45) is 0 Å². The Balaban J connectivity index is 1.52. The van der Waals surface area contributed by atoms with Crippen LogP contribution in [0.1, 0.15) is 12.8 Å². The number of aromatic nitrogens is 1. The highest BCUT2D eigenvalue weighted by atomic mass is 35.5. The molecule has 0 aliphatic heterocycles. The van der Waals surface area contributed by atoms with E-state index in [1.165, 1.54) is 58.4 Å². The van der Waals surface area contributed by atoms with Crippen molar-refractivity contribution in [3.63, 3.8) is 0 Å². The topological polar surface area (TPSA) is 119 Å². The van der Waals surface area contributed by atoms with Gasteiger partial charge in [-0.15, -0.1) is 22.7 Å². The minimum Gasteiger partial charge on any atom is -0.302 e. The highest BCUT2D eigenvalue weighted by molar-refractivity contribution is 7.91. The largest absolute Gasteiger partial charge is 0.302 e. The van der Waals surface area contributed by atoms with Crippen LogP contribution in [0.5, 0.6) is 0 Å². The molecule has 0 unspecified atom stereocenters. The molecule has 152 valence electrons. The van der Waals surface area contributed by atoms with Gasteiger partial charge in [-0.05, 0) is 30.7 Å². The van der Waals surface area contributed by atoms with E-state index >= 15 is 0 Å². The molecule has 3 rings (SSSR count). The molecule has 0 fully saturated rings. The Bertz CT molecular complexity index is 1140. The van der Waals surface area contributed by atoms with Crippen molar-refractivity contribution in [3.05, 3.63) is 56.2 Å². The van der Waals surface area contributed by atoms with Crippen molar-refractivity contribution in [3.8, 4) is 10.6 Å². The molecule has 8 nitrogen and oxygen atoms in total. The van der Waals surface area contributed by atoms with Gasteiger partial charge in [0, 0.05) is 22.9 Å². The van der Waals surface area contributed by atoms with E-state index in [1.807, 2.05) is 0 Å². The van der Waals surface area contributed by atoms with Gasteiger partial charge < -0.3 is 5.32 Å². The van der Waals surface area contributed by atoms with E-state index in [0.29, 0.717) is 20.7 Å². The first kappa shape index (κ1) is 21.4. The lowest BCUT2D eigenvalue weighted by Crippen LogP contribution is -2.14. The standard InChI is InChI=1S/C17H14ClN3O5S3/c18-11-3-5-13(6-4-11)29(25,26)7-1-2-16(22)20-17-19-14(10-28-17)15-8-12(9-27-15)21(23)24/h3-6,8-10H,1-2,7H2,(H,19,20,22). The molecule has 0 bridgehead atoms. The summed E-state index contributed by atoms with van der Waals surface area (Å²) in [7, 11) is -3.49. The first-order valence-corrected chi connectivity index (χ1v) is 12.0. The van der Waals surface area contributed by atoms with Gasteiger partial charge in [-0.3, -0.25) is 14.9 Å². The number of hydrogen-bond donors (Lipinski definition) is 1. The second-order valence-electron chi connectivity index (χ2n) is 5.89. The molecule has 2 heterocycles. The lowest BCUT2D eigenvalue weighted by atomic mass is 10.3. The fourth-order valence-corrected chi connectivity index (χ4v) is 5.42. The van der Waals surface area contributed by atoms with Gasteiger partial charge in [0.1, 0.15) is 0 Å². The minimum absolute atomic E-state index is 0.00881. The Labute approximate surface area is 179 Å². The second kappa shape index (κ2) is 8.99. The third kappa shape index (κ3) is 5.60. The Hall–Kier alpha value is -2.34. The number of carbonyl (C=O) groups is 1. The normalized spacial score (nSPS) is 11.3.